The maximum atomic E-state index is 10.6. The molecule has 1 heterocycles. The van der Waals surface area contributed by atoms with Crippen molar-refractivity contribution in [3.05, 3.63) is 29.3 Å². The highest BCUT2D eigenvalue weighted by Gasteiger charge is 2.34. The lowest BCUT2D eigenvalue weighted by Gasteiger charge is -2.28. The van der Waals surface area contributed by atoms with Gasteiger partial charge >= 0.3 is 0 Å². The SMILES string of the molecule is CC(C)c1cccc(C(O)C2CC2)c1OC1CCCCO1. The standard InChI is InChI=1S/C18H26O3/c1-12(2)14-6-5-7-15(17(19)13-9-10-13)18(14)21-16-8-3-4-11-20-16/h5-7,12-13,16-17,19H,3-4,8-11H2,1-2H3. The minimum atomic E-state index is -0.401. The molecule has 1 aliphatic carbocycles. The van der Waals surface area contributed by atoms with Crippen molar-refractivity contribution in [1.82, 2.24) is 0 Å². The van der Waals surface area contributed by atoms with Gasteiger partial charge in [-0.25, -0.2) is 0 Å². The normalized spacial score (nSPS) is 24.1. The van der Waals surface area contributed by atoms with Gasteiger partial charge in [-0.2, -0.15) is 0 Å². The van der Waals surface area contributed by atoms with Crippen molar-refractivity contribution in [2.75, 3.05) is 6.61 Å². The average molecular weight is 290 g/mol. The molecule has 1 aliphatic heterocycles. The Bertz CT molecular complexity index is 473. The van der Waals surface area contributed by atoms with Crippen LogP contribution >= 0.6 is 0 Å². The third-order valence-corrected chi connectivity index (χ3v) is 4.47. The minimum Gasteiger partial charge on any atom is -0.464 e. The third kappa shape index (κ3) is 3.41. The molecule has 1 aromatic carbocycles. The second kappa shape index (κ2) is 6.37. The minimum absolute atomic E-state index is 0.163. The second-order valence-electron chi connectivity index (χ2n) is 6.62. The average Bonchev–Trinajstić information content (AvgIpc) is 3.32. The first-order chi connectivity index (χ1) is 10.2. The van der Waals surface area contributed by atoms with E-state index < -0.39 is 6.10 Å². The Morgan fingerprint density at radius 1 is 1.14 bits per heavy atom. The molecular weight excluding hydrogens is 264 g/mol. The molecule has 1 saturated carbocycles. The smallest absolute Gasteiger partial charge is 0.199 e. The Labute approximate surface area is 127 Å². The van der Waals surface area contributed by atoms with E-state index in [-0.39, 0.29) is 6.29 Å². The highest BCUT2D eigenvalue weighted by molar-refractivity contribution is 5.45. The van der Waals surface area contributed by atoms with Crippen molar-refractivity contribution in [3.63, 3.8) is 0 Å². The lowest BCUT2D eigenvalue weighted by atomic mass is 9.95. The molecular formula is C18H26O3. The maximum Gasteiger partial charge on any atom is 0.199 e. The molecule has 0 radical (unpaired) electrons. The molecule has 2 fully saturated rings. The van der Waals surface area contributed by atoms with E-state index in [9.17, 15) is 5.11 Å². The van der Waals surface area contributed by atoms with Crippen molar-refractivity contribution in [1.29, 1.82) is 0 Å². The highest BCUT2D eigenvalue weighted by Crippen LogP contribution is 2.45. The maximum absolute atomic E-state index is 10.6. The summed E-state index contributed by atoms with van der Waals surface area (Å²) in [5, 5.41) is 10.6. The van der Waals surface area contributed by atoms with Gasteiger partial charge < -0.3 is 14.6 Å². The zero-order chi connectivity index (χ0) is 14.8. The van der Waals surface area contributed by atoms with Crippen LogP contribution in [0.15, 0.2) is 18.2 Å². The van der Waals surface area contributed by atoms with Crippen LogP contribution in [-0.2, 0) is 4.74 Å². The summed E-state index contributed by atoms with van der Waals surface area (Å²) in [7, 11) is 0. The molecule has 2 aliphatic rings. The van der Waals surface area contributed by atoms with E-state index in [2.05, 4.69) is 19.9 Å². The van der Waals surface area contributed by atoms with Gasteiger partial charge in [0.05, 0.1) is 12.7 Å². The topological polar surface area (TPSA) is 38.7 Å². The molecule has 1 N–H and O–H groups in total. The van der Waals surface area contributed by atoms with Crippen molar-refractivity contribution in [2.24, 2.45) is 5.92 Å². The Morgan fingerprint density at radius 2 is 1.90 bits per heavy atom. The molecule has 21 heavy (non-hydrogen) atoms. The molecule has 1 saturated heterocycles. The van der Waals surface area contributed by atoms with Crippen LogP contribution in [0.1, 0.15) is 69.1 Å². The largest absolute Gasteiger partial charge is 0.464 e. The van der Waals surface area contributed by atoms with Gasteiger partial charge in [-0.15, -0.1) is 0 Å². The lowest BCUT2D eigenvalue weighted by molar-refractivity contribution is -0.107. The Kier molecular flexibility index (Phi) is 4.51. The summed E-state index contributed by atoms with van der Waals surface area (Å²) in [4.78, 5) is 0. The zero-order valence-electron chi connectivity index (χ0n) is 13.0. The summed E-state index contributed by atoms with van der Waals surface area (Å²) in [5.41, 5.74) is 2.11. The van der Waals surface area contributed by atoms with Crippen LogP contribution in [-0.4, -0.2) is 18.0 Å². The molecule has 2 unspecified atom stereocenters. The summed E-state index contributed by atoms with van der Waals surface area (Å²) in [6, 6.07) is 6.14. The predicted octanol–water partition coefficient (Wildman–Crippen LogP) is 4.16. The number of ether oxygens (including phenoxy) is 2. The second-order valence-corrected chi connectivity index (χ2v) is 6.62. The number of rotatable bonds is 5. The summed E-state index contributed by atoms with van der Waals surface area (Å²) in [6.45, 7) is 5.10. The van der Waals surface area contributed by atoms with Crippen LogP contribution in [0.25, 0.3) is 0 Å². The number of aliphatic hydroxyl groups is 1. The summed E-state index contributed by atoms with van der Waals surface area (Å²) < 4.78 is 11.9. The molecule has 116 valence electrons. The van der Waals surface area contributed by atoms with Gasteiger partial charge in [0, 0.05) is 12.0 Å². The van der Waals surface area contributed by atoms with Gasteiger partial charge in [0.2, 0.25) is 0 Å². The molecule has 0 bridgehead atoms. The lowest BCUT2D eigenvalue weighted by Crippen LogP contribution is -2.26. The van der Waals surface area contributed by atoms with Crippen LogP contribution in [0.4, 0.5) is 0 Å². The molecule has 3 heteroatoms. The summed E-state index contributed by atoms with van der Waals surface area (Å²) in [6.07, 6.45) is 4.87. The van der Waals surface area contributed by atoms with E-state index in [1.54, 1.807) is 0 Å². The van der Waals surface area contributed by atoms with Crippen LogP contribution in [0.5, 0.6) is 5.75 Å². The van der Waals surface area contributed by atoms with E-state index in [1.165, 1.54) is 5.56 Å². The molecule has 0 amide bonds. The Balaban J connectivity index is 1.89. The highest BCUT2D eigenvalue weighted by atomic mass is 16.7. The van der Waals surface area contributed by atoms with Gasteiger partial charge in [0.1, 0.15) is 5.75 Å². The first-order valence-electron chi connectivity index (χ1n) is 8.26. The van der Waals surface area contributed by atoms with Gasteiger partial charge in [-0.05, 0) is 43.1 Å². The van der Waals surface area contributed by atoms with Crippen LogP contribution < -0.4 is 4.74 Å². The fourth-order valence-electron chi connectivity index (χ4n) is 3.00. The van der Waals surface area contributed by atoms with Gasteiger partial charge in [0.15, 0.2) is 6.29 Å². The van der Waals surface area contributed by atoms with Crippen LogP contribution in [0, 0.1) is 5.92 Å². The number of hydrogen-bond acceptors (Lipinski definition) is 3. The van der Waals surface area contributed by atoms with E-state index >= 15 is 0 Å². The van der Waals surface area contributed by atoms with Crippen molar-refractivity contribution < 1.29 is 14.6 Å². The van der Waals surface area contributed by atoms with E-state index in [4.69, 9.17) is 9.47 Å². The van der Waals surface area contributed by atoms with E-state index in [0.717, 1.165) is 50.0 Å². The first kappa shape index (κ1) is 14.9. The first-order valence-corrected chi connectivity index (χ1v) is 8.26. The van der Waals surface area contributed by atoms with E-state index in [0.29, 0.717) is 11.8 Å². The fourth-order valence-corrected chi connectivity index (χ4v) is 3.00. The summed E-state index contributed by atoms with van der Waals surface area (Å²) >= 11 is 0. The molecule has 3 rings (SSSR count). The number of para-hydroxylation sites is 1. The molecule has 3 nitrogen and oxygen atoms in total. The van der Waals surface area contributed by atoms with Crippen LogP contribution in [0.2, 0.25) is 0 Å². The quantitative estimate of drug-likeness (QED) is 0.885. The monoisotopic (exact) mass is 290 g/mol. The van der Waals surface area contributed by atoms with Gasteiger partial charge in [0.25, 0.3) is 0 Å². The summed E-state index contributed by atoms with van der Waals surface area (Å²) in [5.74, 6) is 1.63. The Morgan fingerprint density at radius 3 is 2.52 bits per heavy atom. The molecule has 2 atom stereocenters. The van der Waals surface area contributed by atoms with E-state index in [1.807, 2.05) is 12.1 Å². The predicted molar refractivity (Wildman–Crippen MR) is 82.4 cm³/mol. The number of aliphatic hydroxyl groups excluding tert-OH is 1. The molecule has 0 aromatic heterocycles. The molecule has 1 aromatic rings. The van der Waals surface area contributed by atoms with Crippen molar-refractivity contribution in [2.45, 2.75) is 64.3 Å². The Hall–Kier alpha value is -1.06. The third-order valence-electron chi connectivity index (χ3n) is 4.47. The number of hydrogen-bond donors (Lipinski definition) is 1. The van der Waals surface area contributed by atoms with Crippen LogP contribution in [0.3, 0.4) is 0 Å². The van der Waals surface area contributed by atoms with Gasteiger partial charge in [-0.1, -0.05) is 32.0 Å². The molecule has 0 spiro atoms. The van der Waals surface area contributed by atoms with Gasteiger partial charge in [-0.3, -0.25) is 0 Å². The van der Waals surface area contributed by atoms with Crippen molar-refractivity contribution in [3.8, 4) is 5.75 Å². The zero-order valence-corrected chi connectivity index (χ0v) is 13.0. The number of benzene rings is 1. The van der Waals surface area contributed by atoms with Crippen molar-refractivity contribution >= 4 is 0 Å². The fraction of sp³-hybridized carbons (Fsp3) is 0.667.